The van der Waals surface area contributed by atoms with Crippen LogP contribution in [0.15, 0.2) is 28.9 Å². The smallest absolute Gasteiger partial charge is 0.232 e. The molecule has 0 unspecified atom stereocenters. The normalized spacial score (nSPS) is 10.8. The van der Waals surface area contributed by atoms with Gasteiger partial charge in [-0.05, 0) is 18.2 Å². The lowest BCUT2D eigenvalue weighted by Gasteiger charge is -2.03. The Hall–Kier alpha value is -2.70. The number of rotatable bonds is 3. The number of nitrogens with zero attached hydrogens (tertiary/aromatic N) is 3. The van der Waals surface area contributed by atoms with Crippen molar-refractivity contribution in [3.63, 3.8) is 0 Å². The quantitative estimate of drug-likeness (QED) is 0.739. The van der Waals surface area contributed by atoms with Crippen molar-refractivity contribution < 1.29 is 9.32 Å². The van der Waals surface area contributed by atoms with Crippen LogP contribution >= 0.6 is 0 Å². The number of carbonyl (C=O) groups excluding carboxylic acids is 1. The Morgan fingerprint density at radius 3 is 3.16 bits per heavy atom. The van der Waals surface area contributed by atoms with Gasteiger partial charge in [-0.15, -0.1) is 0 Å². The van der Waals surface area contributed by atoms with E-state index in [9.17, 15) is 4.79 Å². The highest BCUT2D eigenvalue weighted by Gasteiger charge is 2.09. The minimum Gasteiger partial charge on any atom is -0.340 e. The largest absolute Gasteiger partial charge is 0.340 e. The van der Waals surface area contributed by atoms with E-state index in [1.54, 1.807) is 13.1 Å². The van der Waals surface area contributed by atoms with Crippen LogP contribution < -0.4 is 5.32 Å². The van der Waals surface area contributed by atoms with Crippen LogP contribution in [0, 0.1) is 6.92 Å². The first-order valence-electron chi connectivity index (χ1n) is 5.73. The number of aryl methyl sites for hydroxylation is 1. The Balaban J connectivity index is 1.71. The second kappa shape index (κ2) is 4.52. The number of benzene rings is 1. The maximum absolute atomic E-state index is 11.8. The summed E-state index contributed by atoms with van der Waals surface area (Å²) in [5, 5.41) is 14.2. The predicted octanol–water partition coefficient (Wildman–Crippen LogP) is 1.44. The maximum Gasteiger partial charge on any atom is 0.232 e. The average Bonchev–Trinajstić information content (AvgIpc) is 2.97. The molecule has 0 aliphatic heterocycles. The zero-order chi connectivity index (χ0) is 13.2. The molecule has 0 bridgehead atoms. The molecule has 0 radical (unpaired) electrons. The molecule has 0 saturated carbocycles. The first-order chi connectivity index (χ1) is 9.20. The SMILES string of the molecule is Cc1nc(CC(=O)Nc2ccc3cn[nH]c3c2)no1. The molecule has 3 rings (SSSR count). The number of H-pyrrole nitrogens is 1. The van der Waals surface area contributed by atoms with E-state index in [4.69, 9.17) is 4.52 Å². The lowest BCUT2D eigenvalue weighted by molar-refractivity contribution is -0.115. The van der Waals surface area contributed by atoms with Crippen molar-refractivity contribution in [3.8, 4) is 0 Å². The molecule has 2 aromatic heterocycles. The minimum atomic E-state index is -0.195. The number of carbonyl (C=O) groups is 1. The van der Waals surface area contributed by atoms with E-state index in [2.05, 4.69) is 25.7 Å². The molecule has 7 heteroatoms. The highest BCUT2D eigenvalue weighted by atomic mass is 16.5. The zero-order valence-electron chi connectivity index (χ0n) is 10.2. The van der Waals surface area contributed by atoms with E-state index >= 15 is 0 Å². The van der Waals surface area contributed by atoms with Crippen molar-refractivity contribution in [3.05, 3.63) is 36.1 Å². The van der Waals surface area contributed by atoms with Gasteiger partial charge in [0.1, 0.15) is 0 Å². The van der Waals surface area contributed by atoms with Gasteiger partial charge in [0.15, 0.2) is 5.82 Å². The summed E-state index contributed by atoms with van der Waals surface area (Å²) in [5.74, 6) is 0.624. The highest BCUT2D eigenvalue weighted by Crippen LogP contribution is 2.16. The molecule has 7 nitrogen and oxygen atoms in total. The van der Waals surface area contributed by atoms with Crippen molar-refractivity contribution in [1.82, 2.24) is 20.3 Å². The van der Waals surface area contributed by atoms with Gasteiger partial charge in [0.2, 0.25) is 11.8 Å². The van der Waals surface area contributed by atoms with Gasteiger partial charge in [-0.25, -0.2) is 0 Å². The van der Waals surface area contributed by atoms with Crippen LogP contribution in [0.5, 0.6) is 0 Å². The molecule has 1 aromatic carbocycles. The highest BCUT2D eigenvalue weighted by molar-refractivity contribution is 5.94. The van der Waals surface area contributed by atoms with Gasteiger partial charge < -0.3 is 9.84 Å². The fourth-order valence-corrected chi connectivity index (χ4v) is 1.78. The van der Waals surface area contributed by atoms with Crippen molar-refractivity contribution in [2.45, 2.75) is 13.3 Å². The molecular formula is C12H11N5O2. The third-order valence-electron chi connectivity index (χ3n) is 2.61. The molecule has 3 aromatic rings. The average molecular weight is 257 g/mol. The van der Waals surface area contributed by atoms with E-state index in [0.717, 1.165) is 10.9 Å². The number of anilines is 1. The summed E-state index contributed by atoms with van der Waals surface area (Å²) < 4.78 is 4.81. The minimum absolute atomic E-state index is 0.0817. The van der Waals surface area contributed by atoms with Crippen LogP contribution in [0.1, 0.15) is 11.7 Å². The number of fused-ring (bicyclic) bond motifs is 1. The molecule has 2 N–H and O–H groups in total. The molecule has 0 saturated heterocycles. The molecule has 1 amide bonds. The van der Waals surface area contributed by atoms with Crippen molar-refractivity contribution in [2.75, 3.05) is 5.32 Å². The van der Waals surface area contributed by atoms with Gasteiger partial charge in [-0.3, -0.25) is 9.89 Å². The Labute approximate surface area is 108 Å². The number of aromatic amines is 1. The zero-order valence-corrected chi connectivity index (χ0v) is 10.2. The summed E-state index contributed by atoms with van der Waals surface area (Å²) in [7, 11) is 0. The van der Waals surface area contributed by atoms with E-state index in [1.165, 1.54) is 0 Å². The van der Waals surface area contributed by atoms with Crippen LogP contribution in [0.25, 0.3) is 10.9 Å². The maximum atomic E-state index is 11.8. The summed E-state index contributed by atoms with van der Waals surface area (Å²) in [5.41, 5.74) is 1.56. The topological polar surface area (TPSA) is 96.7 Å². The number of amides is 1. The fourth-order valence-electron chi connectivity index (χ4n) is 1.78. The standard InChI is InChI=1S/C12H11N5O2/c1-7-14-11(17-19-7)5-12(18)15-9-3-2-8-6-13-16-10(8)4-9/h2-4,6H,5H2,1H3,(H,13,16)(H,15,18). The Kier molecular flexibility index (Phi) is 2.71. The molecule has 0 aliphatic carbocycles. The number of hydrogen-bond donors (Lipinski definition) is 2. The first-order valence-corrected chi connectivity index (χ1v) is 5.73. The van der Waals surface area contributed by atoms with Gasteiger partial charge in [0, 0.05) is 18.0 Å². The monoisotopic (exact) mass is 257 g/mol. The summed E-state index contributed by atoms with van der Waals surface area (Å²) in [4.78, 5) is 15.8. The molecule has 2 heterocycles. The number of aromatic nitrogens is 4. The summed E-state index contributed by atoms with van der Waals surface area (Å²) in [6.45, 7) is 1.68. The van der Waals surface area contributed by atoms with Crippen LogP contribution in [0.2, 0.25) is 0 Å². The third kappa shape index (κ3) is 2.44. The Morgan fingerprint density at radius 2 is 2.37 bits per heavy atom. The van der Waals surface area contributed by atoms with Gasteiger partial charge in [-0.2, -0.15) is 10.1 Å². The molecule has 0 spiro atoms. The van der Waals surface area contributed by atoms with Crippen LogP contribution in [0.4, 0.5) is 5.69 Å². The van der Waals surface area contributed by atoms with Gasteiger partial charge in [0.25, 0.3) is 0 Å². The van der Waals surface area contributed by atoms with Gasteiger partial charge >= 0.3 is 0 Å². The lowest BCUT2D eigenvalue weighted by atomic mass is 10.2. The van der Waals surface area contributed by atoms with E-state index < -0.39 is 0 Å². The lowest BCUT2D eigenvalue weighted by Crippen LogP contribution is -2.15. The molecule has 0 atom stereocenters. The number of hydrogen-bond acceptors (Lipinski definition) is 5. The Bertz CT molecular complexity index is 730. The summed E-state index contributed by atoms with van der Waals surface area (Å²) >= 11 is 0. The summed E-state index contributed by atoms with van der Waals surface area (Å²) in [6, 6.07) is 5.52. The molecular weight excluding hydrogens is 246 g/mol. The molecule has 0 aliphatic rings. The van der Waals surface area contributed by atoms with Crippen molar-refractivity contribution in [1.29, 1.82) is 0 Å². The second-order valence-electron chi connectivity index (χ2n) is 4.13. The Morgan fingerprint density at radius 1 is 1.47 bits per heavy atom. The fraction of sp³-hybridized carbons (Fsp3) is 0.167. The molecule has 19 heavy (non-hydrogen) atoms. The van der Waals surface area contributed by atoms with Crippen LogP contribution in [-0.4, -0.2) is 26.2 Å². The summed E-state index contributed by atoms with van der Waals surface area (Å²) in [6.07, 6.45) is 1.81. The van der Waals surface area contributed by atoms with Crippen LogP contribution in [0.3, 0.4) is 0 Å². The van der Waals surface area contributed by atoms with Gasteiger partial charge in [-0.1, -0.05) is 5.16 Å². The van der Waals surface area contributed by atoms with Crippen molar-refractivity contribution >= 4 is 22.5 Å². The van der Waals surface area contributed by atoms with Crippen molar-refractivity contribution in [2.24, 2.45) is 0 Å². The third-order valence-corrected chi connectivity index (χ3v) is 2.61. The number of nitrogens with one attached hydrogen (secondary N) is 2. The van der Waals surface area contributed by atoms with E-state index in [0.29, 0.717) is 17.4 Å². The van der Waals surface area contributed by atoms with E-state index in [1.807, 2.05) is 18.2 Å². The molecule has 0 fully saturated rings. The molecule has 96 valence electrons. The van der Waals surface area contributed by atoms with Crippen LogP contribution in [-0.2, 0) is 11.2 Å². The van der Waals surface area contributed by atoms with Gasteiger partial charge in [0.05, 0.1) is 18.1 Å². The second-order valence-corrected chi connectivity index (χ2v) is 4.13. The first kappa shape index (κ1) is 11.4. The van der Waals surface area contributed by atoms with E-state index in [-0.39, 0.29) is 12.3 Å². The predicted molar refractivity (Wildman–Crippen MR) is 67.5 cm³/mol.